The summed E-state index contributed by atoms with van der Waals surface area (Å²) < 4.78 is 5.28. The van der Waals surface area contributed by atoms with Crippen LogP contribution >= 0.6 is 10.0 Å². The largest absolute Gasteiger partial charge is 0.497 e. The van der Waals surface area contributed by atoms with E-state index in [-0.39, 0.29) is 6.61 Å². The average molecular weight is 461 g/mol. The highest BCUT2D eigenvalue weighted by atomic mass is 32.3. The van der Waals surface area contributed by atoms with E-state index < -0.39 is 10.0 Å². The van der Waals surface area contributed by atoms with Crippen LogP contribution in [-0.2, 0) is 6.42 Å². The standard InChI is InChI=1S/C28H32N2O2S/c1-32-23-13-11-22(12-14-23)15-18-30-19-16-25(17-20-30)33(24-7-3-2-4-8-24)27-10-6-5-9-26(27)29-28(33)21-31/h2-14,25,31H,15-21H2,1H3. The Labute approximate surface area is 198 Å². The molecule has 0 radical (unpaired) electrons. The maximum absolute atomic E-state index is 10.4. The molecule has 0 bridgehead atoms. The summed E-state index contributed by atoms with van der Waals surface area (Å²) in [7, 11) is 0.177. The molecule has 1 unspecified atom stereocenters. The zero-order valence-electron chi connectivity index (χ0n) is 19.2. The van der Waals surface area contributed by atoms with Gasteiger partial charge in [0, 0.05) is 16.7 Å². The third-order valence-electron chi connectivity index (χ3n) is 6.99. The monoisotopic (exact) mass is 460 g/mol. The number of aliphatic hydroxyl groups excluding tert-OH is 1. The Hall–Kier alpha value is -2.60. The highest BCUT2D eigenvalue weighted by Crippen LogP contribution is 2.73. The summed E-state index contributed by atoms with van der Waals surface area (Å²) >= 11 is 0. The van der Waals surface area contributed by atoms with Gasteiger partial charge in [-0.2, -0.15) is 0 Å². The Morgan fingerprint density at radius 3 is 2.33 bits per heavy atom. The molecule has 2 aliphatic rings. The third-order valence-corrected chi connectivity index (χ3v) is 11.5. The van der Waals surface area contributed by atoms with Crippen LogP contribution in [0.25, 0.3) is 0 Å². The van der Waals surface area contributed by atoms with E-state index in [0.717, 1.165) is 55.4 Å². The molecule has 0 aromatic heterocycles. The number of fused-ring (bicyclic) bond motifs is 1. The first kappa shape index (κ1) is 22.2. The Morgan fingerprint density at radius 1 is 0.939 bits per heavy atom. The Balaban J connectivity index is 1.36. The number of hydrogen-bond acceptors (Lipinski definition) is 4. The quantitative estimate of drug-likeness (QED) is 0.495. The van der Waals surface area contributed by atoms with Crippen LogP contribution in [0.5, 0.6) is 5.75 Å². The minimum absolute atomic E-state index is 0.0244. The number of piperidine rings is 1. The Kier molecular flexibility index (Phi) is 6.54. The number of nitrogens with zero attached hydrogens (tertiary/aromatic N) is 2. The van der Waals surface area contributed by atoms with Crippen LogP contribution in [0.3, 0.4) is 0 Å². The molecule has 5 heteroatoms. The molecule has 0 amide bonds. The van der Waals surface area contributed by atoms with Gasteiger partial charge in [-0.1, -0.05) is 42.5 Å². The topological polar surface area (TPSA) is 45.1 Å². The molecular weight excluding hydrogens is 428 g/mol. The lowest BCUT2D eigenvalue weighted by Crippen LogP contribution is -2.40. The molecule has 1 saturated heterocycles. The van der Waals surface area contributed by atoms with Gasteiger partial charge < -0.3 is 14.7 Å². The van der Waals surface area contributed by atoms with Gasteiger partial charge in [-0.15, -0.1) is 10.0 Å². The number of para-hydroxylation sites is 1. The van der Waals surface area contributed by atoms with E-state index in [1.807, 2.05) is 12.1 Å². The summed E-state index contributed by atoms with van der Waals surface area (Å²) in [6.45, 7) is 3.27. The predicted molar refractivity (Wildman–Crippen MR) is 137 cm³/mol. The average Bonchev–Trinajstić information content (AvgIpc) is 3.24. The zero-order chi connectivity index (χ0) is 22.7. The number of rotatable bonds is 7. The van der Waals surface area contributed by atoms with Gasteiger partial charge in [-0.3, -0.25) is 0 Å². The van der Waals surface area contributed by atoms with Crippen molar-refractivity contribution in [2.75, 3.05) is 33.4 Å². The lowest BCUT2D eigenvalue weighted by Gasteiger charge is -2.48. The fourth-order valence-corrected chi connectivity index (χ4v) is 9.92. The van der Waals surface area contributed by atoms with Crippen molar-refractivity contribution in [2.45, 2.75) is 34.3 Å². The van der Waals surface area contributed by atoms with Gasteiger partial charge in [-0.05, 0) is 79.2 Å². The van der Waals surface area contributed by atoms with Gasteiger partial charge in [0.2, 0.25) is 0 Å². The van der Waals surface area contributed by atoms with Crippen LogP contribution in [0, 0.1) is 0 Å². The van der Waals surface area contributed by atoms with Gasteiger partial charge in [0.1, 0.15) is 5.75 Å². The van der Waals surface area contributed by atoms with Gasteiger partial charge >= 0.3 is 0 Å². The third kappa shape index (κ3) is 4.10. The summed E-state index contributed by atoms with van der Waals surface area (Å²) in [6.07, 6.45) is 3.30. The molecule has 33 heavy (non-hydrogen) atoms. The SMILES string of the molecule is COc1ccc(CCN2CCC(S3(c4ccccc4)C(CO)=Nc4ccccc43)CC2)cc1. The molecule has 1 fully saturated rings. The lowest BCUT2D eigenvalue weighted by molar-refractivity contribution is 0.234. The van der Waals surface area contributed by atoms with Crippen LogP contribution in [0.2, 0.25) is 0 Å². The number of hydrogen-bond donors (Lipinski definition) is 1. The summed E-state index contributed by atoms with van der Waals surface area (Å²) in [4.78, 5) is 10.2. The van der Waals surface area contributed by atoms with Gasteiger partial charge in [0.05, 0.1) is 24.4 Å². The number of ether oxygens (including phenoxy) is 1. The van der Waals surface area contributed by atoms with Crippen molar-refractivity contribution in [2.24, 2.45) is 4.99 Å². The highest BCUT2D eigenvalue weighted by Gasteiger charge is 2.46. The number of likely N-dealkylation sites (tertiary alicyclic amines) is 1. The molecule has 172 valence electrons. The molecule has 3 aromatic carbocycles. The molecule has 0 aliphatic carbocycles. The van der Waals surface area contributed by atoms with Crippen LogP contribution in [0.4, 0.5) is 5.69 Å². The predicted octanol–water partition coefficient (Wildman–Crippen LogP) is 5.66. The van der Waals surface area contributed by atoms with Crippen molar-refractivity contribution >= 4 is 20.8 Å². The van der Waals surface area contributed by atoms with E-state index in [4.69, 9.17) is 9.73 Å². The number of benzene rings is 3. The number of aliphatic hydroxyl groups is 1. The molecule has 1 atom stereocenters. The molecule has 2 aliphatic heterocycles. The van der Waals surface area contributed by atoms with Crippen LogP contribution < -0.4 is 4.74 Å². The Bertz CT molecular complexity index is 1110. The molecule has 2 heterocycles. The zero-order valence-corrected chi connectivity index (χ0v) is 20.0. The van der Waals surface area contributed by atoms with E-state index in [1.54, 1.807) is 7.11 Å². The molecule has 4 nitrogen and oxygen atoms in total. The first-order valence-corrected chi connectivity index (χ1v) is 13.5. The molecule has 5 rings (SSSR count). The van der Waals surface area contributed by atoms with E-state index in [9.17, 15) is 5.11 Å². The van der Waals surface area contributed by atoms with Crippen molar-refractivity contribution in [1.82, 2.24) is 4.90 Å². The van der Waals surface area contributed by atoms with Crippen molar-refractivity contribution < 1.29 is 9.84 Å². The van der Waals surface area contributed by atoms with E-state index in [0.29, 0.717) is 5.25 Å². The maximum Gasteiger partial charge on any atom is 0.118 e. The van der Waals surface area contributed by atoms with Gasteiger partial charge in [0.25, 0.3) is 0 Å². The number of methoxy groups -OCH3 is 1. The number of aliphatic imine (C=N–C) groups is 1. The van der Waals surface area contributed by atoms with Crippen molar-refractivity contribution in [3.63, 3.8) is 0 Å². The molecular formula is C28H32N2O2S. The first-order chi connectivity index (χ1) is 16.3. The summed E-state index contributed by atoms with van der Waals surface area (Å²) in [5, 5.41) is 11.9. The lowest BCUT2D eigenvalue weighted by atomic mass is 10.1. The van der Waals surface area contributed by atoms with E-state index in [1.165, 1.54) is 15.4 Å². The normalized spacial score (nSPS) is 22.9. The van der Waals surface area contributed by atoms with Crippen LogP contribution in [-0.4, -0.2) is 53.7 Å². The minimum Gasteiger partial charge on any atom is -0.497 e. The summed E-state index contributed by atoms with van der Waals surface area (Å²) in [6, 6.07) is 27.8. The molecule has 3 aromatic rings. The second kappa shape index (κ2) is 9.72. The van der Waals surface area contributed by atoms with Crippen LogP contribution in [0.1, 0.15) is 18.4 Å². The van der Waals surface area contributed by atoms with E-state index in [2.05, 4.69) is 71.6 Å². The minimum atomic E-state index is -1.53. The first-order valence-electron chi connectivity index (χ1n) is 11.8. The van der Waals surface area contributed by atoms with E-state index >= 15 is 0 Å². The molecule has 0 spiro atoms. The molecule has 1 N–H and O–H groups in total. The fraction of sp³-hybridized carbons (Fsp3) is 0.321. The maximum atomic E-state index is 10.4. The Morgan fingerprint density at radius 2 is 1.64 bits per heavy atom. The summed E-state index contributed by atoms with van der Waals surface area (Å²) in [5.41, 5.74) is 2.39. The fourth-order valence-electron chi connectivity index (χ4n) is 5.32. The van der Waals surface area contributed by atoms with Gasteiger partial charge in [0.15, 0.2) is 0 Å². The molecule has 0 saturated carbocycles. The van der Waals surface area contributed by atoms with Crippen molar-refractivity contribution in [3.05, 3.63) is 84.4 Å². The van der Waals surface area contributed by atoms with Crippen molar-refractivity contribution in [1.29, 1.82) is 0 Å². The summed E-state index contributed by atoms with van der Waals surface area (Å²) in [5.74, 6) is 0.909. The second-order valence-corrected chi connectivity index (χ2v) is 12.1. The highest BCUT2D eigenvalue weighted by molar-refractivity contribution is 8.46. The van der Waals surface area contributed by atoms with Gasteiger partial charge in [-0.25, -0.2) is 4.99 Å². The smallest absolute Gasteiger partial charge is 0.118 e. The van der Waals surface area contributed by atoms with Crippen molar-refractivity contribution in [3.8, 4) is 5.75 Å². The second-order valence-electron chi connectivity index (χ2n) is 8.74. The van der Waals surface area contributed by atoms with Crippen LogP contribution in [0.15, 0.2) is 93.6 Å².